The van der Waals surface area contributed by atoms with Crippen LogP contribution < -0.4 is 4.90 Å². The smallest absolute Gasteiger partial charge is 0.346 e. The summed E-state index contributed by atoms with van der Waals surface area (Å²) in [7, 11) is 0. The predicted molar refractivity (Wildman–Crippen MR) is 96.6 cm³/mol. The van der Waals surface area contributed by atoms with E-state index < -0.39 is 11.9 Å². The van der Waals surface area contributed by atoms with Gasteiger partial charge in [-0.05, 0) is 12.8 Å². The van der Waals surface area contributed by atoms with E-state index in [9.17, 15) is 13.2 Å². The molecule has 3 aromatic rings. The van der Waals surface area contributed by atoms with Crippen molar-refractivity contribution in [3.05, 3.63) is 46.4 Å². The molecule has 2 aromatic heterocycles. The highest BCUT2D eigenvalue weighted by atomic mass is 32.1. The predicted octanol–water partition coefficient (Wildman–Crippen LogP) is 5.06. The van der Waals surface area contributed by atoms with Crippen molar-refractivity contribution in [3.63, 3.8) is 0 Å². The first-order valence-electron chi connectivity index (χ1n) is 8.17. The van der Waals surface area contributed by atoms with E-state index in [4.69, 9.17) is 0 Å². The maximum absolute atomic E-state index is 12.8. The number of rotatable bonds is 3. The van der Waals surface area contributed by atoms with E-state index in [0.717, 1.165) is 46.8 Å². The second-order valence-electron chi connectivity index (χ2n) is 6.12. The first-order valence-corrected chi connectivity index (χ1v) is 9.83. The van der Waals surface area contributed by atoms with Crippen molar-refractivity contribution < 1.29 is 13.2 Å². The van der Waals surface area contributed by atoms with Crippen LogP contribution in [0.4, 0.5) is 18.3 Å². The first kappa shape index (κ1) is 17.4. The molecule has 9 heteroatoms. The topological polar surface area (TPSA) is 41.9 Å². The number of aromatic nitrogens is 3. The Kier molecular flexibility index (Phi) is 4.66. The molecule has 0 aliphatic carbocycles. The fourth-order valence-corrected chi connectivity index (χ4v) is 4.68. The van der Waals surface area contributed by atoms with Gasteiger partial charge in [0.15, 0.2) is 11.5 Å². The number of halogens is 3. The Labute approximate surface area is 156 Å². The van der Waals surface area contributed by atoms with E-state index in [1.165, 1.54) is 11.5 Å². The van der Waals surface area contributed by atoms with Gasteiger partial charge in [0.25, 0.3) is 0 Å². The Bertz CT molecular complexity index is 876. The summed E-state index contributed by atoms with van der Waals surface area (Å²) in [6.45, 7) is 1.45. The molecule has 4 nitrogen and oxygen atoms in total. The Morgan fingerprint density at radius 3 is 2.65 bits per heavy atom. The minimum Gasteiger partial charge on any atom is -0.346 e. The molecule has 0 N–H and O–H groups in total. The van der Waals surface area contributed by atoms with E-state index in [0.29, 0.717) is 17.4 Å². The van der Waals surface area contributed by atoms with E-state index in [2.05, 4.69) is 19.2 Å². The summed E-state index contributed by atoms with van der Waals surface area (Å²) < 4.78 is 42.8. The van der Waals surface area contributed by atoms with Crippen molar-refractivity contribution >= 4 is 28.0 Å². The van der Waals surface area contributed by atoms with Crippen LogP contribution in [0.15, 0.2) is 35.7 Å². The van der Waals surface area contributed by atoms with Crippen LogP contribution in [-0.4, -0.2) is 27.4 Å². The summed E-state index contributed by atoms with van der Waals surface area (Å²) in [5, 5.41) is 2.46. The largest absolute Gasteiger partial charge is 0.434 e. The van der Waals surface area contributed by atoms with Gasteiger partial charge in [-0.25, -0.2) is 4.98 Å². The highest BCUT2D eigenvalue weighted by Crippen LogP contribution is 2.36. The molecule has 0 radical (unpaired) electrons. The molecule has 26 heavy (non-hydrogen) atoms. The molecular weight excluding hydrogens is 381 g/mol. The maximum atomic E-state index is 12.8. The van der Waals surface area contributed by atoms with Crippen LogP contribution in [0.5, 0.6) is 0 Å². The summed E-state index contributed by atoms with van der Waals surface area (Å²) in [6, 6.07) is 9.73. The van der Waals surface area contributed by atoms with Crippen LogP contribution >= 0.6 is 22.9 Å². The number of nitrogens with zero attached hydrogens (tertiary/aromatic N) is 4. The summed E-state index contributed by atoms with van der Waals surface area (Å²) in [5.41, 5.74) is 0.162. The van der Waals surface area contributed by atoms with Gasteiger partial charge in [0.05, 0.1) is 5.01 Å². The molecule has 1 atom stereocenters. The fraction of sp³-hybridized carbons (Fsp3) is 0.353. The third-order valence-electron chi connectivity index (χ3n) is 4.30. The van der Waals surface area contributed by atoms with Crippen LogP contribution in [-0.2, 0) is 6.18 Å². The Morgan fingerprint density at radius 2 is 1.92 bits per heavy atom. The Morgan fingerprint density at radius 1 is 1.12 bits per heavy atom. The molecule has 1 unspecified atom stereocenters. The van der Waals surface area contributed by atoms with E-state index in [-0.39, 0.29) is 5.92 Å². The lowest BCUT2D eigenvalue weighted by atomic mass is 9.99. The minimum absolute atomic E-state index is 0.00562. The molecule has 3 heterocycles. The molecule has 0 amide bonds. The molecule has 1 aliphatic rings. The molecule has 4 rings (SSSR count). The van der Waals surface area contributed by atoms with Crippen LogP contribution in [0.1, 0.15) is 29.5 Å². The Hall–Kier alpha value is -2.00. The molecule has 1 fully saturated rings. The number of hydrogen-bond donors (Lipinski definition) is 0. The molecule has 1 aliphatic heterocycles. The van der Waals surface area contributed by atoms with Crippen molar-refractivity contribution in [1.82, 2.24) is 14.3 Å². The van der Waals surface area contributed by atoms with E-state index in [1.807, 2.05) is 30.3 Å². The number of alkyl halides is 3. The van der Waals surface area contributed by atoms with Gasteiger partial charge in [0.2, 0.25) is 5.13 Å². The Balaban J connectivity index is 1.51. The highest BCUT2D eigenvalue weighted by Gasteiger charge is 2.35. The number of thiazole rings is 1. The maximum Gasteiger partial charge on any atom is 0.434 e. The summed E-state index contributed by atoms with van der Waals surface area (Å²) >= 11 is 2.42. The van der Waals surface area contributed by atoms with Gasteiger partial charge in [-0.2, -0.15) is 22.5 Å². The van der Waals surface area contributed by atoms with Crippen LogP contribution in [0, 0.1) is 0 Å². The number of benzene rings is 1. The van der Waals surface area contributed by atoms with Gasteiger partial charge in [-0.3, -0.25) is 0 Å². The van der Waals surface area contributed by atoms with Crippen LogP contribution in [0.3, 0.4) is 0 Å². The molecule has 1 saturated heterocycles. The van der Waals surface area contributed by atoms with Crippen molar-refractivity contribution in [2.45, 2.75) is 24.9 Å². The van der Waals surface area contributed by atoms with Gasteiger partial charge in [0.1, 0.15) is 0 Å². The summed E-state index contributed by atoms with van der Waals surface area (Å²) in [5.74, 6) is 0.676. The third kappa shape index (κ3) is 3.59. The van der Waals surface area contributed by atoms with Gasteiger partial charge in [0, 0.05) is 41.5 Å². The first-order chi connectivity index (χ1) is 12.5. The molecular formula is C17H15F3N4S2. The average Bonchev–Trinajstić information content (AvgIpc) is 3.32. The van der Waals surface area contributed by atoms with Crippen molar-refractivity contribution in [3.8, 4) is 11.4 Å². The van der Waals surface area contributed by atoms with Crippen molar-refractivity contribution in [2.24, 2.45) is 0 Å². The van der Waals surface area contributed by atoms with Crippen LogP contribution in [0.25, 0.3) is 11.4 Å². The lowest BCUT2D eigenvalue weighted by molar-refractivity contribution is -0.140. The number of piperidine rings is 1. The quantitative estimate of drug-likeness (QED) is 0.620. The second kappa shape index (κ2) is 6.96. The highest BCUT2D eigenvalue weighted by molar-refractivity contribution is 7.10. The fourth-order valence-electron chi connectivity index (χ4n) is 3.01. The lowest BCUT2D eigenvalue weighted by Crippen LogP contribution is -2.34. The van der Waals surface area contributed by atoms with Gasteiger partial charge < -0.3 is 4.90 Å². The van der Waals surface area contributed by atoms with Crippen molar-refractivity contribution in [1.29, 1.82) is 0 Å². The van der Waals surface area contributed by atoms with Crippen LogP contribution in [0.2, 0.25) is 0 Å². The minimum atomic E-state index is -4.38. The lowest BCUT2D eigenvalue weighted by Gasteiger charge is -2.31. The molecule has 0 bridgehead atoms. The third-order valence-corrected chi connectivity index (χ3v) is 6.09. The standard InChI is InChI=1S/C17H15F3N4S2/c18-17(19,20)13-10-25-15(21-13)12-7-4-8-24(9-12)16-22-14(23-26-16)11-5-2-1-3-6-11/h1-3,5-6,10,12H,4,7-9H2. The zero-order valence-electron chi connectivity index (χ0n) is 13.6. The van der Waals surface area contributed by atoms with E-state index in [1.54, 1.807) is 0 Å². The molecule has 136 valence electrons. The number of anilines is 1. The van der Waals surface area contributed by atoms with Gasteiger partial charge >= 0.3 is 6.18 Å². The van der Waals surface area contributed by atoms with Crippen molar-refractivity contribution in [2.75, 3.05) is 18.0 Å². The zero-order valence-corrected chi connectivity index (χ0v) is 15.2. The normalized spacial score (nSPS) is 18.3. The molecule has 1 aromatic carbocycles. The monoisotopic (exact) mass is 396 g/mol. The zero-order chi connectivity index (χ0) is 18.1. The number of hydrogen-bond acceptors (Lipinski definition) is 6. The summed E-state index contributed by atoms with van der Waals surface area (Å²) in [4.78, 5) is 10.5. The average molecular weight is 396 g/mol. The SMILES string of the molecule is FC(F)(F)c1csc(C2CCCN(c3nc(-c4ccccc4)ns3)C2)n1. The second-order valence-corrected chi connectivity index (χ2v) is 7.74. The molecule has 0 saturated carbocycles. The molecule has 0 spiro atoms. The van der Waals surface area contributed by atoms with Gasteiger partial charge in [-0.1, -0.05) is 30.3 Å². The summed E-state index contributed by atoms with van der Waals surface area (Å²) in [6.07, 6.45) is -2.65. The van der Waals surface area contributed by atoms with E-state index >= 15 is 0 Å². The van der Waals surface area contributed by atoms with Gasteiger partial charge in [-0.15, -0.1) is 11.3 Å².